The lowest BCUT2D eigenvalue weighted by molar-refractivity contribution is 0.105. The number of nitrogens with one attached hydrogen (secondary N) is 1. The van der Waals surface area contributed by atoms with Crippen LogP contribution in [0, 0.1) is 6.92 Å². The molecule has 1 atom stereocenters. The summed E-state index contributed by atoms with van der Waals surface area (Å²) in [5.74, 6) is 0.575. The van der Waals surface area contributed by atoms with Gasteiger partial charge in [-0.2, -0.15) is 0 Å². The molecule has 0 aliphatic heterocycles. The van der Waals surface area contributed by atoms with E-state index in [9.17, 15) is 5.11 Å². The topological polar surface area (TPSA) is 92.4 Å². The average Bonchev–Trinajstić information content (AvgIpc) is 3.03. The fourth-order valence-corrected chi connectivity index (χ4v) is 2.51. The second-order valence-electron chi connectivity index (χ2n) is 5.56. The van der Waals surface area contributed by atoms with Crippen LogP contribution in [0.15, 0.2) is 36.4 Å². The first-order valence-electron chi connectivity index (χ1n) is 7.66. The molecule has 0 saturated carbocycles. The van der Waals surface area contributed by atoms with Crippen molar-refractivity contribution in [1.29, 1.82) is 0 Å². The Bertz CT molecular complexity index is 814. The van der Waals surface area contributed by atoms with Crippen LogP contribution in [-0.4, -0.2) is 51.6 Å². The van der Waals surface area contributed by atoms with Gasteiger partial charge >= 0.3 is 0 Å². The van der Waals surface area contributed by atoms with Gasteiger partial charge in [-0.25, -0.2) is 0 Å². The number of ether oxygens (including phenoxy) is 1. The van der Waals surface area contributed by atoms with Crippen LogP contribution in [0.4, 0.5) is 5.69 Å². The first-order valence-corrected chi connectivity index (χ1v) is 7.66. The Hall–Kier alpha value is -2.64. The van der Waals surface area contributed by atoms with Gasteiger partial charge in [-0.1, -0.05) is 12.1 Å². The van der Waals surface area contributed by atoms with Crippen molar-refractivity contribution in [2.45, 2.75) is 13.0 Å². The Morgan fingerprint density at radius 1 is 1.21 bits per heavy atom. The number of aliphatic hydroxyl groups excluding tert-OH is 2. The highest BCUT2D eigenvalue weighted by molar-refractivity contribution is 5.74. The summed E-state index contributed by atoms with van der Waals surface area (Å²) in [6, 6.07) is 11.5. The summed E-state index contributed by atoms with van der Waals surface area (Å²) in [5, 5.41) is 30.6. The number of rotatable bonds is 6. The van der Waals surface area contributed by atoms with E-state index in [1.165, 1.54) is 0 Å². The van der Waals surface area contributed by atoms with Gasteiger partial charge in [0.2, 0.25) is 0 Å². The predicted molar refractivity (Wildman–Crippen MR) is 91.7 cm³/mol. The van der Waals surface area contributed by atoms with Gasteiger partial charge in [0.25, 0.3) is 0 Å². The van der Waals surface area contributed by atoms with Crippen molar-refractivity contribution in [2.24, 2.45) is 0 Å². The van der Waals surface area contributed by atoms with Crippen LogP contribution in [0.25, 0.3) is 16.7 Å². The van der Waals surface area contributed by atoms with Crippen molar-refractivity contribution in [3.05, 3.63) is 42.0 Å². The molecule has 0 fully saturated rings. The van der Waals surface area contributed by atoms with Crippen LogP contribution in [0.3, 0.4) is 0 Å². The second kappa shape index (κ2) is 6.86. The second-order valence-corrected chi connectivity index (χ2v) is 5.56. The minimum Gasteiger partial charge on any atom is -0.492 e. The molecule has 3 aromatic rings. The summed E-state index contributed by atoms with van der Waals surface area (Å²) in [6.07, 6.45) is -0.843. The number of nitrogens with zero attached hydrogens (tertiary/aromatic N) is 3. The molecule has 3 rings (SSSR count). The van der Waals surface area contributed by atoms with Crippen LogP contribution in [0.2, 0.25) is 0 Å². The normalized spacial score (nSPS) is 12.3. The van der Waals surface area contributed by atoms with E-state index in [1.807, 2.05) is 43.3 Å². The highest BCUT2D eigenvalue weighted by Gasteiger charge is 2.15. The zero-order valence-corrected chi connectivity index (χ0v) is 13.6. The zero-order valence-electron chi connectivity index (χ0n) is 13.6. The molecule has 0 aliphatic rings. The highest BCUT2D eigenvalue weighted by Crippen LogP contribution is 2.33. The third-order valence-corrected chi connectivity index (χ3v) is 3.66. The van der Waals surface area contributed by atoms with Crippen LogP contribution >= 0.6 is 0 Å². The molecule has 0 amide bonds. The SMILES string of the molecule is COc1c(NCC(O)CO)cc(C)cc1-n1nc2ccccc2n1. The summed E-state index contributed by atoms with van der Waals surface area (Å²) < 4.78 is 5.54. The maximum Gasteiger partial charge on any atom is 0.169 e. The summed E-state index contributed by atoms with van der Waals surface area (Å²) in [5.41, 5.74) is 4.00. The van der Waals surface area contributed by atoms with E-state index >= 15 is 0 Å². The minimum absolute atomic E-state index is 0.213. The standard InChI is InChI=1S/C17H20N4O3/c1-11-7-15(18-9-12(23)10-22)17(24-2)16(8-11)21-19-13-5-3-4-6-14(13)20-21/h3-8,12,18,22-23H,9-10H2,1-2H3. The molecule has 1 unspecified atom stereocenters. The fourth-order valence-electron chi connectivity index (χ4n) is 2.51. The quantitative estimate of drug-likeness (QED) is 0.635. The minimum atomic E-state index is -0.843. The molecule has 0 aliphatic carbocycles. The van der Waals surface area contributed by atoms with Crippen molar-refractivity contribution in [1.82, 2.24) is 15.0 Å². The van der Waals surface area contributed by atoms with Crippen LogP contribution in [-0.2, 0) is 0 Å². The maximum atomic E-state index is 9.55. The van der Waals surface area contributed by atoms with Gasteiger partial charge in [0.1, 0.15) is 16.7 Å². The van der Waals surface area contributed by atoms with Gasteiger partial charge in [0, 0.05) is 6.54 Å². The number of fused-ring (bicyclic) bond motifs is 1. The molecular weight excluding hydrogens is 308 g/mol. The van der Waals surface area contributed by atoms with Crippen molar-refractivity contribution in [3.63, 3.8) is 0 Å². The molecule has 3 N–H and O–H groups in total. The highest BCUT2D eigenvalue weighted by atomic mass is 16.5. The lowest BCUT2D eigenvalue weighted by atomic mass is 10.1. The Morgan fingerprint density at radius 2 is 1.88 bits per heavy atom. The Labute approximate surface area is 139 Å². The van der Waals surface area contributed by atoms with E-state index in [2.05, 4.69) is 15.5 Å². The molecule has 0 bridgehead atoms. The van der Waals surface area contributed by atoms with Crippen LogP contribution < -0.4 is 10.1 Å². The van der Waals surface area contributed by atoms with Crippen molar-refractivity contribution in [3.8, 4) is 11.4 Å². The van der Waals surface area contributed by atoms with Gasteiger partial charge in [-0.3, -0.25) is 0 Å². The molecular formula is C17H20N4O3. The number of hydrogen-bond donors (Lipinski definition) is 3. The molecule has 7 heteroatoms. The average molecular weight is 328 g/mol. The number of aliphatic hydroxyl groups is 2. The zero-order chi connectivity index (χ0) is 17.1. The van der Waals surface area contributed by atoms with Gasteiger partial charge < -0.3 is 20.3 Å². The summed E-state index contributed by atoms with van der Waals surface area (Å²) in [6.45, 7) is 1.87. The van der Waals surface area contributed by atoms with Crippen LogP contribution in [0.1, 0.15) is 5.56 Å². The Kier molecular flexibility index (Phi) is 4.64. The number of aromatic nitrogens is 3. The van der Waals surface area contributed by atoms with E-state index in [-0.39, 0.29) is 13.2 Å². The van der Waals surface area contributed by atoms with E-state index in [1.54, 1.807) is 11.9 Å². The molecule has 24 heavy (non-hydrogen) atoms. The molecule has 7 nitrogen and oxygen atoms in total. The lowest BCUT2D eigenvalue weighted by Gasteiger charge is -2.17. The van der Waals surface area contributed by atoms with Gasteiger partial charge in [-0.05, 0) is 36.8 Å². The fraction of sp³-hybridized carbons (Fsp3) is 0.294. The maximum absolute atomic E-state index is 9.55. The van der Waals surface area contributed by atoms with E-state index in [0.29, 0.717) is 17.1 Å². The van der Waals surface area contributed by atoms with Gasteiger partial charge in [-0.15, -0.1) is 15.0 Å². The molecule has 1 heterocycles. The third-order valence-electron chi connectivity index (χ3n) is 3.66. The number of anilines is 1. The van der Waals surface area contributed by atoms with E-state index < -0.39 is 6.10 Å². The van der Waals surface area contributed by atoms with Crippen LogP contribution in [0.5, 0.6) is 5.75 Å². The lowest BCUT2D eigenvalue weighted by Crippen LogP contribution is -2.23. The van der Waals surface area contributed by atoms with Crippen molar-refractivity contribution >= 4 is 16.7 Å². The molecule has 126 valence electrons. The third kappa shape index (κ3) is 3.17. The first kappa shape index (κ1) is 16.2. The molecule has 0 radical (unpaired) electrons. The summed E-state index contributed by atoms with van der Waals surface area (Å²) in [4.78, 5) is 1.55. The molecule has 1 aromatic heterocycles. The molecule has 0 saturated heterocycles. The number of methoxy groups -OCH3 is 1. The van der Waals surface area contributed by atoms with E-state index in [0.717, 1.165) is 16.6 Å². The largest absolute Gasteiger partial charge is 0.492 e. The smallest absolute Gasteiger partial charge is 0.169 e. The van der Waals surface area contributed by atoms with Gasteiger partial charge in [0.15, 0.2) is 5.75 Å². The first-order chi connectivity index (χ1) is 11.6. The summed E-state index contributed by atoms with van der Waals surface area (Å²) in [7, 11) is 1.57. The molecule has 2 aromatic carbocycles. The van der Waals surface area contributed by atoms with Crippen molar-refractivity contribution in [2.75, 3.05) is 25.6 Å². The predicted octanol–water partition coefficient (Wildman–Crippen LogP) is 1.50. The number of aryl methyl sites for hydroxylation is 1. The van der Waals surface area contributed by atoms with E-state index in [4.69, 9.17) is 9.84 Å². The molecule has 0 spiro atoms. The summed E-state index contributed by atoms with van der Waals surface area (Å²) >= 11 is 0. The Morgan fingerprint density at radius 3 is 2.46 bits per heavy atom. The number of benzene rings is 2. The van der Waals surface area contributed by atoms with Crippen molar-refractivity contribution < 1.29 is 14.9 Å². The Balaban J connectivity index is 2.04. The van der Waals surface area contributed by atoms with Gasteiger partial charge in [0.05, 0.1) is 25.5 Å². The monoisotopic (exact) mass is 328 g/mol. The number of hydrogen-bond acceptors (Lipinski definition) is 6.